The number of nitrogens with one attached hydrogen (secondary N) is 1. The molecule has 3 amide bonds. The van der Waals surface area contributed by atoms with Crippen molar-refractivity contribution in [3.63, 3.8) is 0 Å². The van der Waals surface area contributed by atoms with Crippen LogP contribution in [0.25, 0.3) is 0 Å². The first-order valence-electron chi connectivity index (χ1n) is 13.0. The highest BCUT2D eigenvalue weighted by Crippen LogP contribution is 2.30. The summed E-state index contributed by atoms with van der Waals surface area (Å²) in [5, 5.41) is 3.14. The molecule has 2 aromatic rings. The van der Waals surface area contributed by atoms with Crippen LogP contribution in [0.1, 0.15) is 73.4 Å². The molecule has 198 valence electrons. The Morgan fingerprint density at radius 2 is 1.73 bits per heavy atom. The van der Waals surface area contributed by atoms with Crippen LogP contribution in [0, 0.1) is 6.92 Å². The van der Waals surface area contributed by atoms with E-state index in [2.05, 4.69) is 5.32 Å². The molecule has 0 bridgehead atoms. The van der Waals surface area contributed by atoms with Gasteiger partial charge in [-0.15, -0.1) is 0 Å². The third kappa shape index (κ3) is 5.71. The van der Waals surface area contributed by atoms with Crippen molar-refractivity contribution >= 4 is 27.7 Å². The van der Waals surface area contributed by atoms with Crippen LogP contribution in [0.15, 0.2) is 53.4 Å². The highest BCUT2D eigenvalue weighted by molar-refractivity contribution is 7.90. The Hall–Kier alpha value is -3.20. The van der Waals surface area contributed by atoms with Crippen LogP contribution in [0.4, 0.5) is 0 Å². The maximum Gasteiger partial charge on any atom is 0.269 e. The minimum atomic E-state index is -4.01. The molecule has 1 fully saturated rings. The molecule has 9 heteroatoms. The monoisotopic (exact) mass is 525 g/mol. The molecule has 8 nitrogen and oxygen atoms in total. The molecule has 0 spiro atoms. The van der Waals surface area contributed by atoms with E-state index in [1.165, 1.54) is 18.6 Å². The first-order valence-corrected chi connectivity index (χ1v) is 14.5. The molecule has 1 saturated carbocycles. The van der Waals surface area contributed by atoms with Crippen molar-refractivity contribution in [2.75, 3.05) is 6.54 Å². The molecule has 0 radical (unpaired) electrons. The second-order valence-corrected chi connectivity index (χ2v) is 11.7. The third-order valence-corrected chi connectivity index (χ3v) is 9.22. The highest BCUT2D eigenvalue weighted by atomic mass is 32.2. The van der Waals surface area contributed by atoms with E-state index in [0.29, 0.717) is 6.42 Å². The van der Waals surface area contributed by atoms with E-state index in [4.69, 9.17) is 0 Å². The van der Waals surface area contributed by atoms with Crippen molar-refractivity contribution in [3.05, 3.63) is 65.2 Å². The molecule has 2 aliphatic rings. The summed E-state index contributed by atoms with van der Waals surface area (Å²) in [7, 11) is -4.01. The van der Waals surface area contributed by atoms with Crippen LogP contribution in [0.3, 0.4) is 0 Å². The summed E-state index contributed by atoms with van der Waals surface area (Å²) in [5.41, 5.74) is 2.03. The minimum Gasteiger partial charge on any atom is -0.352 e. The number of carbonyl (C=O) groups is 3. The van der Waals surface area contributed by atoms with Crippen LogP contribution in [0.5, 0.6) is 0 Å². The van der Waals surface area contributed by atoms with Crippen LogP contribution in [-0.4, -0.2) is 54.0 Å². The van der Waals surface area contributed by atoms with E-state index >= 15 is 0 Å². The van der Waals surface area contributed by atoms with Crippen molar-refractivity contribution in [1.82, 2.24) is 14.5 Å². The van der Waals surface area contributed by atoms with Gasteiger partial charge in [0.15, 0.2) is 0 Å². The van der Waals surface area contributed by atoms with Crippen molar-refractivity contribution in [1.29, 1.82) is 0 Å². The Labute approximate surface area is 219 Å². The van der Waals surface area contributed by atoms with Crippen molar-refractivity contribution in [2.24, 2.45) is 0 Å². The molecule has 1 atom stereocenters. The number of amides is 3. The fraction of sp³-hybridized carbons (Fsp3) is 0.464. The van der Waals surface area contributed by atoms with E-state index in [1.54, 1.807) is 17.0 Å². The molecule has 4 rings (SSSR count). The molecule has 0 aromatic heterocycles. The number of carbonyl (C=O) groups excluding carboxylic acids is 3. The second-order valence-electron chi connectivity index (χ2n) is 9.84. The van der Waals surface area contributed by atoms with Crippen LogP contribution in [0.2, 0.25) is 0 Å². The lowest BCUT2D eigenvalue weighted by Crippen LogP contribution is -2.52. The molecule has 1 unspecified atom stereocenters. The Morgan fingerprint density at radius 3 is 2.41 bits per heavy atom. The largest absolute Gasteiger partial charge is 0.352 e. The SMILES string of the molecule is CCC(C(=O)NC1CCCCC1)N(Cc1ccccc1C)C(=O)CCN1C(=O)c2ccccc2S1(=O)=O. The van der Waals surface area contributed by atoms with Gasteiger partial charge in [0.25, 0.3) is 15.9 Å². The topological polar surface area (TPSA) is 104 Å². The van der Waals surface area contributed by atoms with Crippen LogP contribution in [-0.2, 0) is 26.2 Å². The summed E-state index contributed by atoms with van der Waals surface area (Å²) in [6.45, 7) is 3.77. The number of fused-ring (bicyclic) bond motifs is 1. The molecule has 2 aromatic carbocycles. The number of benzene rings is 2. The Kier molecular flexibility index (Phi) is 8.32. The van der Waals surface area contributed by atoms with E-state index in [-0.39, 0.29) is 47.8 Å². The zero-order chi connectivity index (χ0) is 26.6. The van der Waals surface area contributed by atoms with E-state index < -0.39 is 22.0 Å². The Balaban J connectivity index is 1.54. The second kappa shape index (κ2) is 11.5. The number of sulfonamides is 1. The van der Waals surface area contributed by atoms with E-state index in [1.807, 2.05) is 38.1 Å². The van der Waals surface area contributed by atoms with Gasteiger partial charge in [0.1, 0.15) is 10.9 Å². The van der Waals surface area contributed by atoms with Crippen molar-refractivity contribution in [2.45, 2.75) is 82.3 Å². The van der Waals surface area contributed by atoms with Gasteiger partial charge in [-0.05, 0) is 49.4 Å². The summed E-state index contributed by atoms with van der Waals surface area (Å²) < 4.78 is 26.7. The van der Waals surface area contributed by atoms with Gasteiger partial charge >= 0.3 is 0 Å². The quantitative estimate of drug-likeness (QED) is 0.537. The summed E-state index contributed by atoms with van der Waals surface area (Å²) in [4.78, 5) is 41.3. The van der Waals surface area contributed by atoms with Crippen LogP contribution < -0.4 is 5.32 Å². The number of hydrogen-bond acceptors (Lipinski definition) is 5. The van der Waals surface area contributed by atoms with Gasteiger partial charge in [0.2, 0.25) is 11.8 Å². The molecular formula is C28H35N3O5S. The standard InChI is InChI=1S/C28H35N3O5S/c1-3-24(27(33)29-22-13-5-4-6-14-22)30(19-21-12-8-7-11-20(21)2)26(32)17-18-31-28(34)23-15-9-10-16-25(23)37(31,35)36/h7-12,15-16,22,24H,3-6,13-14,17-19H2,1-2H3,(H,29,33). The molecule has 1 N–H and O–H groups in total. The molecule has 1 heterocycles. The van der Waals surface area contributed by atoms with E-state index in [9.17, 15) is 22.8 Å². The van der Waals surface area contributed by atoms with Gasteiger partial charge in [-0.1, -0.05) is 62.6 Å². The summed E-state index contributed by atoms with van der Waals surface area (Å²) in [6.07, 6.45) is 5.40. The summed E-state index contributed by atoms with van der Waals surface area (Å²) >= 11 is 0. The van der Waals surface area contributed by atoms with Gasteiger partial charge in [0, 0.05) is 25.6 Å². The normalized spacial score (nSPS) is 17.8. The van der Waals surface area contributed by atoms with Crippen molar-refractivity contribution in [3.8, 4) is 0 Å². The molecule has 1 aliphatic carbocycles. The predicted molar refractivity (Wildman–Crippen MR) is 140 cm³/mol. The van der Waals surface area contributed by atoms with Crippen LogP contribution >= 0.6 is 0 Å². The number of hydrogen-bond donors (Lipinski definition) is 1. The van der Waals surface area contributed by atoms with Gasteiger partial charge in [-0.25, -0.2) is 12.7 Å². The maximum atomic E-state index is 13.6. The Morgan fingerprint density at radius 1 is 1.05 bits per heavy atom. The zero-order valence-electron chi connectivity index (χ0n) is 21.5. The summed E-state index contributed by atoms with van der Waals surface area (Å²) in [5.74, 6) is -1.18. The number of rotatable bonds is 9. The molecular weight excluding hydrogens is 490 g/mol. The molecule has 0 saturated heterocycles. The molecule has 37 heavy (non-hydrogen) atoms. The lowest BCUT2D eigenvalue weighted by atomic mass is 9.95. The van der Waals surface area contributed by atoms with E-state index in [0.717, 1.165) is 41.1 Å². The average molecular weight is 526 g/mol. The van der Waals surface area contributed by atoms with Gasteiger partial charge in [-0.3, -0.25) is 14.4 Å². The van der Waals surface area contributed by atoms with Gasteiger partial charge in [0.05, 0.1) is 5.56 Å². The fourth-order valence-corrected chi connectivity index (χ4v) is 6.80. The Bertz CT molecular complexity index is 1270. The number of aryl methyl sites for hydroxylation is 1. The molecule has 1 aliphatic heterocycles. The first-order chi connectivity index (χ1) is 17.7. The average Bonchev–Trinajstić information content (AvgIpc) is 3.09. The van der Waals surface area contributed by atoms with Gasteiger partial charge < -0.3 is 10.2 Å². The third-order valence-electron chi connectivity index (χ3n) is 7.38. The van der Waals surface area contributed by atoms with Crippen molar-refractivity contribution < 1.29 is 22.8 Å². The summed E-state index contributed by atoms with van der Waals surface area (Å²) in [6, 6.07) is 13.1. The smallest absolute Gasteiger partial charge is 0.269 e. The fourth-order valence-electron chi connectivity index (χ4n) is 5.23. The minimum absolute atomic E-state index is 0.0393. The number of nitrogens with zero attached hydrogens (tertiary/aromatic N) is 2. The highest BCUT2D eigenvalue weighted by Gasteiger charge is 2.41. The predicted octanol–water partition coefficient (Wildman–Crippen LogP) is 3.79. The first kappa shape index (κ1) is 26.9. The van der Waals surface area contributed by atoms with Gasteiger partial charge in [-0.2, -0.15) is 0 Å². The lowest BCUT2D eigenvalue weighted by molar-refractivity contribution is -0.141. The maximum absolute atomic E-state index is 13.6. The zero-order valence-corrected chi connectivity index (χ0v) is 22.3. The lowest BCUT2D eigenvalue weighted by Gasteiger charge is -2.33.